The van der Waals surface area contributed by atoms with Gasteiger partial charge in [-0.05, 0) is 18.9 Å². The van der Waals surface area contributed by atoms with Crippen LogP contribution >= 0.6 is 0 Å². The molecule has 1 aliphatic heterocycles. The number of rotatable bonds is 6. The number of nitrogens with zero attached hydrogens (tertiary/aromatic N) is 3. The second-order valence-corrected chi connectivity index (χ2v) is 5.81. The minimum absolute atomic E-state index is 0.468. The van der Waals surface area contributed by atoms with Gasteiger partial charge in [0.2, 0.25) is 5.95 Å². The Hall–Kier alpha value is -1.46. The van der Waals surface area contributed by atoms with Gasteiger partial charge in [0.25, 0.3) is 0 Å². The predicted molar refractivity (Wildman–Crippen MR) is 85.5 cm³/mol. The largest absolute Gasteiger partial charge is 0.380 e. The van der Waals surface area contributed by atoms with Crippen molar-refractivity contribution in [1.82, 2.24) is 15.3 Å². The molecule has 2 heterocycles. The molecule has 0 saturated heterocycles. The third-order valence-electron chi connectivity index (χ3n) is 3.68. The summed E-state index contributed by atoms with van der Waals surface area (Å²) in [6.45, 7) is 9.71. The molecule has 0 saturated carbocycles. The summed E-state index contributed by atoms with van der Waals surface area (Å²) < 4.78 is 5.18. The maximum absolute atomic E-state index is 5.18. The normalized spacial score (nSPS) is 15.5. The standard InChI is InChI=1S/C16H26N4O/c1-12(2)17-9-15-10-18-16(19-13(15)3)20-7-5-14(6-8-20)11-21-4/h5,10,12,17H,6-9,11H2,1-4H3. The summed E-state index contributed by atoms with van der Waals surface area (Å²) in [7, 11) is 1.74. The molecule has 0 aliphatic carbocycles. The number of hydrogen-bond acceptors (Lipinski definition) is 5. The molecule has 0 fully saturated rings. The summed E-state index contributed by atoms with van der Waals surface area (Å²) >= 11 is 0. The van der Waals surface area contributed by atoms with E-state index < -0.39 is 0 Å². The molecule has 1 N–H and O–H groups in total. The maximum Gasteiger partial charge on any atom is 0.225 e. The highest BCUT2D eigenvalue weighted by Gasteiger charge is 2.15. The van der Waals surface area contributed by atoms with Crippen LogP contribution in [0, 0.1) is 6.92 Å². The first kappa shape index (κ1) is 15.9. The van der Waals surface area contributed by atoms with Gasteiger partial charge < -0.3 is 15.0 Å². The summed E-state index contributed by atoms with van der Waals surface area (Å²) in [5.74, 6) is 0.827. The number of methoxy groups -OCH3 is 1. The molecule has 0 unspecified atom stereocenters. The van der Waals surface area contributed by atoms with Crippen LogP contribution in [0.15, 0.2) is 17.8 Å². The predicted octanol–water partition coefficient (Wildman–Crippen LogP) is 2.07. The Kier molecular flexibility index (Phi) is 5.70. The number of hydrogen-bond donors (Lipinski definition) is 1. The van der Waals surface area contributed by atoms with Crippen LogP contribution in [0.3, 0.4) is 0 Å². The van der Waals surface area contributed by atoms with Crippen LogP contribution < -0.4 is 10.2 Å². The van der Waals surface area contributed by atoms with E-state index in [0.717, 1.165) is 44.3 Å². The van der Waals surface area contributed by atoms with E-state index in [4.69, 9.17) is 4.74 Å². The molecule has 5 nitrogen and oxygen atoms in total. The van der Waals surface area contributed by atoms with E-state index in [0.29, 0.717) is 6.04 Å². The van der Waals surface area contributed by atoms with Crippen LogP contribution in [0.1, 0.15) is 31.5 Å². The molecular weight excluding hydrogens is 264 g/mol. The molecule has 0 aromatic carbocycles. The fourth-order valence-corrected chi connectivity index (χ4v) is 2.33. The van der Waals surface area contributed by atoms with E-state index in [1.54, 1.807) is 7.11 Å². The number of aryl methyl sites for hydroxylation is 1. The molecule has 0 amide bonds. The molecular formula is C16H26N4O. The molecule has 116 valence electrons. The third kappa shape index (κ3) is 4.51. The zero-order valence-electron chi connectivity index (χ0n) is 13.5. The number of aromatic nitrogens is 2. The first-order valence-corrected chi connectivity index (χ1v) is 7.58. The lowest BCUT2D eigenvalue weighted by Gasteiger charge is -2.26. The Morgan fingerprint density at radius 2 is 2.24 bits per heavy atom. The average molecular weight is 290 g/mol. The van der Waals surface area contributed by atoms with Crippen molar-refractivity contribution in [2.24, 2.45) is 0 Å². The van der Waals surface area contributed by atoms with E-state index in [2.05, 4.69) is 47.0 Å². The maximum atomic E-state index is 5.18. The minimum atomic E-state index is 0.468. The van der Waals surface area contributed by atoms with Gasteiger partial charge in [0.1, 0.15) is 0 Å². The molecule has 1 aliphatic rings. The van der Waals surface area contributed by atoms with Gasteiger partial charge in [-0.2, -0.15) is 0 Å². The molecule has 0 bridgehead atoms. The molecule has 1 aromatic heterocycles. The van der Waals surface area contributed by atoms with Crippen LogP contribution in [-0.4, -0.2) is 42.8 Å². The van der Waals surface area contributed by atoms with Crippen LogP contribution in [0.2, 0.25) is 0 Å². The van der Waals surface area contributed by atoms with Crippen molar-refractivity contribution >= 4 is 5.95 Å². The van der Waals surface area contributed by atoms with Gasteiger partial charge >= 0.3 is 0 Å². The van der Waals surface area contributed by atoms with Gasteiger partial charge in [-0.25, -0.2) is 9.97 Å². The second-order valence-electron chi connectivity index (χ2n) is 5.81. The van der Waals surface area contributed by atoms with Crippen molar-refractivity contribution in [2.45, 2.75) is 39.8 Å². The van der Waals surface area contributed by atoms with Crippen molar-refractivity contribution in [3.63, 3.8) is 0 Å². The number of nitrogens with one attached hydrogen (secondary N) is 1. The highest BCUT2D eigenvalue weighted by atomic mass is 16.5. The lowest BCUT2D eigenvalue weighted by molar-refractivity contribution is 0.222. The smallest absolute Gasteiger partial charge is 0.225 e. The molecule has 0 atom stereocenters. The summed E-state index contributed by atoms with van der Waals surface area (Å²) in [6.07, 6.45) is 5.19. The van der Waals surface area contributed by atoms with E-state index in [1.165, 1.54) is 11.1 Å². The Morgan fingerprint density at radius 3 is 2.81 bits per heavy atom. The zero-order chi connectivity index (χ0) is 15.2. The van der Waals surface area contributed by atoms with Crippen LogP contribution in [-0.2, 0) is 11.3 Å². The van der Waals surface area contributed by atoms with Crippen molar-refractivity contribution in [2.75, 3.05) is 31.7 Å². The SMILES string of the molecule is COCC1=CCN(c2ncc(CNC(C)C)c(C)n2)CC1. The van der Waals surface area contributed by atoms with Crippen molar-refractivity contribution in [1.29, 1.82) is 0 Å². The van der Waals surface area contributed by atoms with E-state index in [1.807, 2.05) is 6.20 Å². The van der Waals surface area contributed by atoms with Crippen molar-refractivity contribution < 1.29 is 4.74 Å². The van der Waals surface area contributed by atoms with E-state index in [9.17, 15) is 0 Å². The zero-order valence-corrected chi connectivity index (χ0v) is 13.5. The first-order valence-electron chi connectivity index (χ1n) is 7.58. The summed E-state index contributed by atoms with van der Waals surface area (Å²) in [5.41, 5.74) is 3.59. The lowest BCUT2D eigenvalue weighted by atomic mass is 10.1. The molecule has 0 spiro atoms. The Morgan fingerprint density at radius 1 is 1.43 bits per heavy atom. The van der Waals surface area contributed by atoms with Crippen LogP contribution in [0.25, 0.3) is 0 Å². The highest BCUT2D eigenvalue weighted by molar-refractivity contribution is 5.36. The quantitative estimate of drug-likeness (QED) is 0.813. The Bertz CT molecular complexity index is 499. The lowest BCUT2D eigenvalue weighted by Crippen LogP contribution is -2.31. The fraction of sp³-hybridized carbons (Fsp3) is 0.625. The van der Waals surface area contributed by atoms with E-state index in [-0.39, 0.29) is 0 Å². The van der Waals surface area contributed by atoms with Crippen molar-refractivity contribution in [3.8, 4) is 0 Å². The Labute approximate surface area is 127 Å². The molecule has 2 rings (SSSR count). The molecule has 5 heteroatoms. The summed E-state index contributed by atoms with van der Waals surface area (Å²) in [6, 6.07) is 0.468. The van der Waals surface area contributed by atoms with Gasteiger partial charge in [-0.1, -0.05) is 19.9 Å². The summed E-state index contributed by atoms with van der Waals surface area (Å²) in [4.78, 5) is 11.4. The molecule has 0 radical (unpaired) electrons. The van der Waals surface area contributed by atoms with E-state index >= 15 is 0 Å². The monoisotopic (exact) mass is 290 g/mol. The highest BCUT2D eigenvalue weighted by Crippen LogP contribution is 2.17. The second kappa shape index (κ2) is 7.52. The van der Waals surface area contributed by atoms with Gasteiger partial charge in [0, 0.05) is 50.2 Å². The summed E-state index contributed by atoms with van der Waals surface area (Å²) in [5, 5.41) is 3.40. The van der Waals surface area contributed by atoms with Crippen molar-refractivity contribution in [3.05, 3.63) is 29.1 Å². The van der Waals surface area contributed by atoms with Gasteiger partial charge in [-0.15, -0.1) is 0 Å². The van der Waals surface area contributed by atoms with Crippen LogP contribution in [0.4, 0.5) is 5.95 Å². The van der Waals surface area contributed by atoms with Gasteiger partial charge in [0.05, 0.1) is 6.61 Å². The molecule has 21 heavy (non-hydrogen) atoms. The number of anilines is 1. The fourth-order valence-electron chi connectivity index (χ4n) is 2.33. The topological polar surface area (TPSA) is 50.3 Å². The van der Waals surface area contributed by atoms with Gasteiger partial charge in [-0.3, -0.25) is 0 Å². The third-order valence-corrected chi connectivity index (χ3v) is 3.68. The first-order chi connectivity index (χ1) is 10.1. The van der Waals surface area contributed by atoms with Crippen LogP contribution in [0.5, 0.6) is 0 Å². The average Bonchev–Trinajstić information content (AvgIpc) is 2.47. The Balaban J connectivity index is 2.00. The van der Waals surface area contributed by atoms with Gasteiger partial charge in [0.15, 0.2) is 0 Å². The minimum Gasteiger partial charge on any atom is -0.380 e. The number of ether oxygens (including phenoxy) is 1. The molecule has 1 aromatic rings.